The summed E-state index contributed by atoms with van der Waals surface area (Å²) in [7, 11) is 1.64. The second kappa shape index (κ2) is 4.70. The van der Waals surface area contributed by atoms with Gasteiger partial charge in [0, 0.05) is 0 Å². The molecule has 2 heteroatoms. The predicted octanol–water partition coefficient (Wildman–Crippen LogP) is 4.11. The van der Waals surface area contributed by atoms with Crippen molar-refractivity contribution in [2.75, 3.05) is 7.11 Å². The van der Waals surface area contributed by atoms with Gasteiger partial charge in [0.15, 0.2) is 0 Å². The van der Waals surface area contributed by atoms with E-state index in [0.29, 0.717) is 16.9 Å². The van der Waals surface area contributed by atoms with Crippen molar-refractivity contribution in [3.63, 3.8) is 0 Å². The molecular formula is C12H17ClO. The molecule has 0 bridgehead atoms. The lowest BCUT2D eigenvalue weighted by Crippen LogP contribution is -2.02. The highest BCUT2D eigenvalue weighted by Gasteiger charge is 2.11. The second-order valence-corrected chi connectivity index (χ2v) is 4.33. The number of methoxy groups -OCH3 is 1. The molecule has 0 saturated heterocycles. The molecule has 0 aromatic heterocycles. The fourth-order valence-corrected chi connectivity index (χ4v) is 1.54. The minimum Gasteiger partial charge on any atom is -0.495 e. The summed E-state index contributed by atoms with van der Waals surface area (Å²) in [6, 6.07) is 5.98. The lowest BCUT2D eigenvalue weighted by atomic mass is 9.90. The molecule has 0 aliphatic carbocycles. The average Bonchev–Trinajstić information content (AvgIpc) is 2.17. The van der Waals surface area contributed by atoms with Crippen molar-refractivity contribution in [2.24, 2.45) is 5.92 Å². The van der Waals surface area contributed by atoms with Crippen LogP contribution in [0.2, 0.25) is 5.02 Å². The van der Waals surface area contributed by atoms with Crippen LogP contribution in [-0.2, 0) is 0 Å². The minimum atomic E-state index is 0.529. The molecule has 0 fully saturated rings. The van der Waals surface area contributed by atoms with E-state index in [1.54, 1.807) is 7.11 Å². The molecular weight excluding hydrogens is 196 g/mol. The van der Waals surface area contributed by atoms with Gasteiger partial charge in [-0.1, -0.05) is 38.4 Å². The van der Waals surface area contributed by atoms with E-state index < -0.39 is 0 Å². The molecule has 0 saturated carbocycles. The molecule has 1 aromatic carbocycles. The van der Waals surface area contributed by atoms with Gasteiger partial charge in [-0.3, -0.25) is 0 Å². The molecule has 1 aromatic rings. The van der Waals surface area contributed by atoms with Crippen LogP contribution in [0.3, 0.4) is 0 Å². The van der Waals surface area contributed by atoms with Gasteiger partial charge in [-0.05, 0) is 29.5 Å². The summed E-state index contributed by atoms with van der Waals surface area (Å²) in [5.41, 5.74) is 1.28. The van der Waals surface area contributed by atoms with Gasteiger partial charge in [0.05, 0.1) is 12.1 Å². The van der Waals surface area contributed by atoms with Gasteiger partial charge in [0.25, 0.3) is 0 Å². The summed E-state index contributed by atoms with van der Waals surface area (Å²) in [4.78, 5) is 0. The predicted molar refractivity (Wildman–Crippen MR) is 61.3 cm³/mol. The molecule has 0 spiro atoms. The van der Waals surface area contributed by atoms with Crippen LogP contribution in [0.25, 0.3) is 0 Å². The van der Waals surface area contributed by atoms with E-state index in [1.165, 1.54) is 5.56 Å². The van der Waals surface area contributed by atoms with Crippen LogP contribution in [0.5, 0.6) is 5.75 Å². The van der Waals surface area contributed by atoms with E-state index in [-0.39, 0.29) is 0 Å². The van der Waals surface area contributed by atoms with Gasteiger partial charge in [-0.15, -0.1) is 0 Å². The maximum atomic E-state index is 5.96. The monoisotopic (exact) mass is 212 g/mol. The lowest BCUT2D eigenvalue weighted by molar-refractivity contribution is 0.413. The van der Waals surface area contributed by atoms with Crippen LogP contribution in [0, 0.1) is 5.92 Å². The van der Waals surface area contributed by atoms with E-state index in [4.69, 9.17) is 16.3 Å². The van der Waals surface area contributed by atoms with E-state index in [2.05, 4.69) is 26.8 Å². The van der Waals surface area contributed by atoms with E-state index in [9.17, 15) is 0 Å². The van der Waals surface area contributed by atoms with Gasteiger partial charge < -0.3 is 4.74 Å². The Morgan fingerprint density at radius 1 is 1.21 bits per heavy atom. The highest BCUT2D eigenvalue weighted by Crippen LogP contribution is 2.31. The second-order valence-electron chi connectivity index (χ2n) is 3.93. The maximum absolute atomic E-state index is 5.96. The highest BCUT2D eigenvalue weighted by atomic mass is 35.5. The molecule has 0 N–H and O–H groups in total. The molecule has 14 heavy (non-hydrogen) atoms. The summed E-state index contributed by atoms with van der Waals surface area (Å²) >= 11 is 5.96. The van der Waals surface area contributed by atoms with Crippen LogP contribution >= 0.6 is 11.6 Å². The Morgan fingerprint density at radius 2 is 1.86 bits per heavy atom. The van der Waals surface area contributed by atoms with Crippen molar-refractivity contribution >= 4 is 11.6 Å². The largest absolute Gasteiger partial charge is 0.495 e. The Labute approximate surface area is 91.0 Å². The number of ether oxygens (including phenoxy) is 1. The third-order valence-corrected chi connectivity index (χ3v) is 3.01. The van der Waals surface area contributed by atoms with E-state index >= 15 is 0 Å². The number of rotatable bonds is 3. The third kappa shape index (κ3) is 2.42. The molecule has 1 unspecified atom stereocenters. The minimum absolute atomic E-state index is 0.529. The Morgan fingerprint density at radius 3 is 2.36 bits per heavy atom. The van der Waals surface area contributed by atoms with Crippen molar-refractivity contribution in [1.29, 1.82) is 0 Å². The molecule has 0 radical (unpaired) electrons. The first-order valence-electron chi connectivity index (χ1n) is 4.89. The molecule has 1 atom stereocenters. The van der Waals surface area contributed by atoms with Crippen molar-refractivity contribution in [3.05, 3.63) is 28.8 Å². The smallest absolute Gasteiger partial charge is 0.137 e. The third-order valence-electron chi connectivity index (χ3n) is 2.70. The van der Waals surface area contributed by atoms with Crippen molar-refractivity contribution in [2.45, 2.75) is 26.7 Å². The van der Waals surface area contributed by atoms with Crippen molar-refractivity contribution in [1.82, 2.24) is 0 Å². The van der Waals surface area contributed by atoms with Crippen LogP contribution in [0.4, 0.5) is 0 Å². The Kier molecular flexibility index (Phi) is 3.82. The number of halogens is 1. The fourth-order valence-electron chi connectivity index (χ4n) is 1.34. The zero-order valence-electron chi connectivity index (χ0n) is 9.17. The van der Waals surface area contributed by atoms with Crippen molar-refractivity contribution in [3.8, 4) is 5.75 Å². The first kappa shape index (κ1) is 11.4. The normalized spacial score (nSPS) is 13.0. The number of hydrogen-bond acceptors (Lipinski definition) is 1. The summed E-state index contributed by atoms with van der Waals surface area (Å²) in [5, 5.41) is 0.673. The van der Waals surface area contributed by atoms with Crippen LogP contribution < -0.4 is 4.74 Å². The highest BCUT2D eigenvalue weighted by molar-refractivity contribution is 6.32. The van der Waals surface area contributed by atoms with E-state index in [1.807, 2.05) is 12.1 Å². The molecule has 1 rings (SSSR count). The van der Waals surface area contributed by atoms with Crippen LogP contribution in [0.1, 0.15) is 32.3 Å². The van der Waals surface area contributed by atoms with Gasteiger partial charge >= 0.3 is 0 Å². The standard InChI is InChI=1S/C12H17ClO/c1-8(2)9(3)10-5-6-11(13)12(7-10)14-4/h5-9H,1-4H3. The van der Waals surface area contributed by atoms with Gasteiger partial charge in [0.1, 0.15) is 5.75 Å². The summed E-state index contributed by atoms with van der Waals surface area (Å²) < 4.78 is 5.18. The van der Waals surface area contributed by atoms with Crippen LogP contribution in [0.15, 0.2) is 18.2 Å². The fraction of sp³-hybridized carbons (Fsp3) is 0.500. The molecule has 78 valence electrons. The number of benzene rings is 1. The Hall–Kier alpha value is -0.690. The topological polar surface area (TPSA) is 9.23 Å². The van der Waals surface area contributed by atoms with Gasteiger partial charge in [0.2, 0.25) is 0 Å². The Balaban J connectivity index is 3.00. The quantitative estimate of drug-likeness (QED) is 0.733. The first-order valence-corrected chi connectivity index (χ1v) is 5.27. The zero-order chi connectivity index (χ0) is 10.7. The zero-order valence-corrected chi connectivity index (χ0v) is 9.93. The summed E-state index contributed by atoms with van der Waals surface area (Å²) in [6.07, 6.45) is 0. The SMILES string of the molecule is COc1cc(C(C)C(C)C)ccc1Cl. The molecule has 0 heterocycles. The summed E-state index contributed by atoms with van der Waals surface area (Å²) in [5.74, 6) is 1.92. The molecule has 0 amide bonds. The molecule has 1 nitrogen and oxygen atoms in total. The van der Waals surface area contributed by atoms with Crippen molar-refractivity contribution < 1.29 is 4.74 Å². The maximum Gasteiger partial charge on any atom is 0.137 e. The van der Waals surface area contributed by atoms with Gasteiger partial charge in [-0.2, -0.15) is 0 Å². The first-order chi connectivity index (χ1) is 6.56. The van der Waals surface area contributed by atoms with E-state index in [0.717, 1.165) is 5.75 Å². The molecule has 0 aliphatic rings. The lowest BCUT2D eigenvalue weighted by Gasteiger charge is -2.17. The Bertz CT molecular complexity index is 307. The van der Waals surface area contributed by atoms with Crippen LogP contribution in [-0.4, -0.2) is 7.11 Å². The molecule has 0 aliphatic heterocycles. The summed E-state index contributed by atoms with van der Waals surface area (Å²) in [6.45, 7) is 6.64. The average molecular weight is 213 g/mol. The van der Waals surface area contributed by atoms with Gasteiger partial charge in [-0.25, -0.2) is 0 Å². The number of hydrogen-bond donors (Lipinski definition) is 0.